The van der Waals surface area contributed by atoms with E-state index in [0.717, 1.165) is 68.4 Å². The number of piperidine rings is 1. The van der Waals surface area contributed by atoms with Crippen molar-refractivity contribution in [3.05, 3.63) is 59.3 Å². The van der Waals surface area contributed by atoms with Crippen LogP contribution in [0.2, 0.25) is 0 Å². The van der Waals surface area contributed by atoms with Gasteiger partial charge in [0.1, 0.15) is 5.82 Å². The smallest absolute Gasteiger partial charge is 0.163 e. The second-order valence-corrected chi connectivity index (χ2v) is 8.40. The lowest BCUT2D eigenvalue weighted by Gasteiger charge is -2.35. The first-order chi connectivity index (χ1) is 14.8. The van der Waals surface area contributed by atoms with Gasteiger partial charge in [0, 0.05) is 49.2 Å². The Labute approximate surface area is 178 Å². The number of aryl methyl sites for hydroxylation is 1. The van der Waals surface area contributed by atoms with Crippen LogP contribution in [0.5, 0.6) is 0 Å². The zero-order valence-electron chi connectivity index (χ0n) is 17.8. The molecule has 3 aromatic rings. The van der Waals surface area contributed by atoms with Crippen molar-refractivity contribution in [2.24, 2.45) is 0 Å². The Balaban J connectivity index is 1.73. The maximum Gasteiger partial charge on any atom is 0.163 e. The molecule has 2 fully saturated rings. The van der Waals surface area contributed by atoms with Crippen molar-refractivity contribution in [1.29, 1.82) is 0 Å². The SMILES string of the molecule is Cc1ccc2c(N3CCOCC3)c(Cc3ccccc3)c(N3CCCCC3)nc2n1. The molecule has 0 spiro atoms. The first kappa shape index (κ1) is 19.3. The third kappa shape index (κ3) is 3.86. The third-order valence-corrected chi connectivity index (χ3v) is 6.24. The lowest BCUT2D eigenvalue weighted by atomic mass is 9.99. The lowest BCUT2D eigenvalue weighted by molar-refractivity contribution is 0.123. The topological polar surface area (TPSA) is 41.5 Å². The van der Waals surface area contributed by atoms with E-state index in [0.29, 0.717) is 0 Å². The maximum absolute atomic E-state index is 5.67. The normalized spacial score (nSPS) is 17.5. The molecule has 0 aliphatic carbocycles. The summed E-state index contributed by atoms with van der Waals surface area (Å²) in [6, 6.07) is 15.1. The molecule has 0 atom stereocenters. The molecule has 5 rings (SSSR count). The quantitative estimate of drug-likeness (QED) is 0.649. The van der Waals surface area contributed by atoms with Crippen LogP contribution in [0.1, 0.15) is 36.1 Å². The first-order valence-electron chi connectivity index (χ1n) is 11.2. The molecule has 0 N–H and O–H groups in total. The number of hydrogen-bond acceptors (Lipinski definition) is 5. The minimum atomic E-state index is 0.771. The maximum atomic E-state index is 5.67. The molecule has 2 aliphatic heterocycles. The van der Waals surface area contributed by atoms with Crippen LogP contribution in [0.25, 0.3) is 11.0 Å². The van der Waals surface area contributed by atoms with Crippen molar-refractivity contribution in [2.75, 3.05) is 49.2 Å². The molecule has 5 nitrogen and oxygen atoms in total. The van der Waals surface area contributed by atoms with Crippen molar-refractivity contribution in [2.45, 2.75) is 32.6 Å². The van der Waals surface area contributed by atoms with Crippen molar-refractivity contribution in [1.82, 2.24) is 9.97 Å². The van der Waals surface area contributed by atoms with Gasteiger partial charge >= 0.3 is 0 Å². The van der Waals surface area contributed by atoms with Crippen molar-refractivity contribution >= 4 is 22.5 Å². The molecule has 0 radical (unpaired) electrons. The van der Waals surface area contributed by atoms with Gasteiger partial charge in [-0.05, 0) is 43.9 Å². The van der Waals surface area contributed by atoms with Crippen molar-refractivity contribution in [3.63, 3.8) is 0 Å². The predicted octanol–water partition coefficient (Wildman–Crippen LogP) is 4.36. The fourth-order valence-electron chi connectivity index (χ4n) is 4.73. The van der Waals surface area contributed by atoms with E-state index in [-0.39, 0.29) is 0 Å². The largest absolute Gasteiger partial charge is 0.378 e. The summed E-state index contributed by atoms with van der Waals surface area (Å²) in [4.78, 5) is 15.0. The Kier molecular flexibility index (Phi) is 5.54. The number of pyridine rings is 2. The summed E-state index contributed by atoms with van der Waals surface area (Å²) in [6.07, 6.45) is 4.67. The van der Waals surface area contributed by atoms with Gasteiger partial charge in [0.05, 0.1) is 18.9 Å². The highest BCUT2D eigenvalue weighted by molar-refractivity contribution is 5.94. The molecule has 0 amide bonds. The molecule has 2 aromatic heterocycles. The Bertz CT molecular complexity index is 1010. The molecule has 0 bridgehead atoms. The fraction of sp³-hybridized carbons (Fsp3) is 0.440. The predicted molar refractivity (Wildman–Crippen MR) is 123 cm³/mol. The summed E-state index contributed by atoms with van der Waals surface area (Å²) < 4.78 is 5.67. The van der Waals surface area contributed by atoms with E-state index in [9.17, 15) is 0 Å². The number of anilines is 2. The monoisotopic (exact) mass is 402 g/mol. The second-order valence-electron chi connectivity index (χ2n) is 8.40. The van der Waals surface area contributed by atoms with E-state index in [1.54, 1.807) is 0 Å². The van der Waals surface area contributed by atoms with Gasteiger partial charge in [0.25, 0.3) is 0 Å². The Morgan fingerprint density at radius 2 is 1.60 bits per heavy atom. The van der Waals surface area contributed by atoms with Gasteiger partial charge in [0.15, 0.2) is 5.65 Å². The van der Waals surface area contributed by atoms with Crippen LogP contribution in [0.3, 0.4) is 0 Å². The van der Waals surface area contributed by atoms with E-state index in [2.05, 4.69) is 52.3 Å². The number of morpholine rings is 1. The summed E-state index contributed by atoms with van der Waals surface area (Å²) in [5.41, 5.74) is 5.85. The Hall–Kier alpha value is -2.66. The molecule has 0 saturated carbocycles. The number of fused-ring (bicyclic) bond motifs is 1. The lowest BCUT2D eigenvalue weighted by Crippen LogP contribution is -2.38. The van der Waals surface area contributed by atoms with Gasteiger partial charge in [-0.25, -0.2) is 9.97 Å². The minimum absolute atomic E-state index is 0.771. The van der Waals surface area contributed by atoms with Gasteiger partial charge in [-0.3, -0.25) is 0 Å². The highest BCUT2D eigenvalue weighted by atomic mass is 16.5. The van der Waals surface area contributed by atoms with Crippen LogP contribution < -0.4 is 9.80 Å². The van der Waals surface area contributed by atoms with Crippen LogP contribution in [-0.4, -0.2) is 49.4 Å². The van der Waals surface area contributed by atoms with E-state index in [1.807, 2.05) is 6.92 Å². The van der Waals surface area contributed by atoms with E-state index >= 15 is 0 Å². The summed E-state index contributed by atoms with van der Waals surface area (Å²) in [7, 11) is 0. The molecule has 4 heterocycles. The molecule has 2 aliphatic rings. The van der Waals surface area contributed by atoms with E-state index < -0.39 is 0 Å². The number of rotatable bonds is 4. The molecular weight excluding hydrogens is 372 g/mol. The van der Waals surface area contributed by atoms with Crippen LogP contribution in [0, 0.1) is 6.92 Å². The van der Waals surface area contributed by atoms with E-state index in [1.165, 1.54) is 36.1 Å². The van der Waals surface area contributed by atoms with Crippen molar-refractivity contribution in [3.8, 4) is 0 Å². The van der Waals surface area contributed by atoms with E-state index in [4.69, 9.17) is 14.7 Å². The highest BCUT2D eigenvalue weighted by Crippen LogP contribution is 2.38. The molecule has 156 valence electrons. The van der Waals surface area contributed by atoms with Gasteiger partial charge in [-0.2, -0.15) is 0 Å². The molecule has 30 heavy (non-hydrogen) atoms. The minimum Gasteiger partial charge on any atom is -0.378 e. The number of benzene rings is 1. The molecule has 0 unspecified atom stereocenters. The van der Waals surface area contributed by atoms with Crippen molar-refractivity contribution < 1.29 is 4.74 Å². The summed E-state index contributed by atoms with van der Waals surface area (Å²) >= 11 is 0. The van der Waals surface area contributed by atoms with Crippen LogP contribution in [-0.2, 0) is 11.2 Å². The van der Waals surface area contributed by atoms with Gasteiger partial charge < -0.3 is 14.5 Å². The molecule has 5 heteroatoms. The molecular formula is C25H30N4O. The molecule has 2 saturated heterocycles. The average Bonchev–Trinajstić information content (AvgIpc) is 2.80. The number of nitrogens with zero attached hydrogens (tertiary/aromatic N) is 4. The molecule has 1 aromatic carbocycles. The first-order valence-corrected chi connectivity index (χ1v) is 11.2. The number of ether oxygens (including phenoxy) is 1. The Morgan fingerprint density at radius 3 is 2.37 bits per heavy atom. The summed E-state index contributed by atoms with van der Waals surface area (Å²) in [5.74, 6) is 1.13. The summed E-state index contributed by atoms with van der Waals surface area (Å²) in [6.45, 7) is 7.57. The van der Waals surface area contributed by atoms with Crippen LogP contribution >= 0.6 is 0 Å². The zero-order valence-corrected chi connectivity index (χ0v) is 17.8. The van der Waals surface area contributed by atoms with Gasteiger partial charge in [0.2, 0.25) is 0 Å². The van der Waals surface area contributed by atoms with Gasteiger partial charge in [-0.1, -0.05) is 30.3 Å². The fourth-order valence-corrected chi connectivity index (χ4v) is 4.73. The Morgan fingerprint density at radius 1 is 0.833 bits per heavy atom. The number of hydrogen-bond donors (Lipinski definition) is 0. The number of aromatic nitrogens is 2. The highest BCUT2D eigenvalue weighted by Gasteiger charge is 2.26. The average molecular weight is 403 g/mol. The van der Waals surface area contributed by atoms with Crippen LogP contribution in [0.4, 0.5) is 11.5 Å². The zero-order chi connectivity index (χ0) is 20.3. The van der Waals surface area contributed by atoms with Crippen LogP contribution in [0.15, 0.2) is 42.5 Å². The third-order valence-electron chi connectivity index (χ3n) is 6.24. The second kappa shape index (κ2) is 8.60. The summed E-state index contributed by atoms with van der Waals surface area (Å²) in [5, 5.41) is 1.16. The standard InChI is InChI=1S/C25H30N4O/c1-19-10-11-21-23(28-14-16-30-17-15-28)22(18-20-8-4-2-5-9-20)25(27-24(21)26-19)29-12-6-3-7-13-29/h2,4-5,8-11H,3,6-7,12-18H2,1H3. The van der Waals surface area contributed by atoms with Gasteiger partial charge in [-0.15, -0.1) is 0 Å².